The van der Waals surface area contributed by atoms with E-state index < -0.39 is 102 Å². The molecule has 0 aliphatic carbocycles. The lowest BCUT2D eigenvalue weighted by molar-refractivity contribution is -0.328. The molecule has 0 aromatic heterocycles. The van der Waals surface area contributed by atoms with Gasteiger partial charge in [0.15, 0.2) is 30.4 Å². The molecule has 5 heterocycles. The number of aliphatic hydroxyl groups excluding tert-OH is 1. The summed E-state index contributed by atoms with van der Waals surface area (Å²) in [6.07, 6.45) is -8.38. The molecule has 5 saturated heterocycles. The Kier molecular flexibility index (Phi) is 13.7. The van der Waals surface area contributed by atoms with Crippen LogP contribution in [0.4, 0.5) is 9.59 Å². The Morgan fingerprint density at radius 3 is 2.18 bits per heavy atom. The second-order valence-electron chi connectivity index (χ2n) is 18.0. The highest BCUT2D eigenvalue weighted by molar-refractivity contribution is 5.73. The van der Waals surface area contributed by atoms with E-state index in [1.54, 1.807) is 27.7 Å². The molecule has 5 aliphatic rings. The number of carbonyl (C=O) groups is 3. The van der Waals surface area contributed by atoms with Gasteiger partial charge in [-0.25, -0.2) is 9.59 Å². The zero-order valence-corrected chi connectivity index (χ0v) is 35.8. The second-order valence-corrected chi connectivity index (χ2v) is 18.0. The van der Waals surface area contributed by atoms with E-state index in [9.17, 15) is 19.5 Å². The Morgan fingerprint density at radius 1 is 0.893 bits per heavy atom. The first-order valence-electron chi connectivity index (χ1n) is 20.3. The maximum absolute atomic E-state index is 14.6. The molecule has 18 atom stereocenters. The molecule has 0 radical (unpaired) electrons. The molecular weight excluding hydrogens is 732 g/mol. The number of cyclic esters (lactones) is 1. The monoisotopic (exact) mass is 800 g/mol. The van der Waals surface area contributed by atoms with Crippen molar-refractivity contribution in [3.63, 3.8) is 0 Å². The third-order valence-corrected chi connectivity index (χ3v) is 13.2. The van der Waals surface area contributed by atoms with Crippen LogP contribution in [0.3, 0.4) is 0 Å². The molecular formula is C40H68N2O14. The van der Waals surface area contributed by atoms with E-state index in [1.165, 1.54) is 7.11 Å². The fourth-order valence-corrected chi connectivity index (χ4v) is 9.86. The number of hydrogen-bond donors (Lipinski definition) is 1. The van der Waals surface area contributed by atoms with Gasteiger partial charge in [-0.15, -0.1) is 0 Å². The van der Waals surface area contributed by atoms with E-state index in [-0.39, 0.29) is 30.5 Å². The average molecular weight is 801 g/mol. The number of rotatable bonds is 5. The van der Waals surface area contributed by atoms with E-state index in [0.717, 1.165) is 0 Å². The number of carbonyl (C=O) groups excluding carboxylic acids is 3. The molecule has 0 saturated carbocycles. The third kappa shape index (κ3) is 8.82. The average Bonchev–Trinajstić information content (AvgIpc) is 3.43. The van der Waals surface area contributed by atoms with Crippen LogP contribution in [0.15, 0.2) is 0 Å². The molecule has 0 spiro atoms. The van der Waals surface area contributed by atoms with Gasteiger partial charge >= 0.3 is 18.3 Å². The lowest BCUT2D eigenvalue weighted by Gasteiger charge is -2.51. The molecule has 56 heavy (non-hydrogen) atoms. The normalized spacial score (nSPS) is 48.6. The standard InChI is InChI=1S/C40H68N2O14/c1-15-27-40(10)33(54-37(46)56-40)24(6)42(13)19-20(2)17-39(9)32(53-35-30(52-36(45)55-39)26(41(11)12)16-21(3)48-35)22(4)29(23(5)34(44)50-27)51-28-18-38(8,47-14)31(43)25(7)49-28/h20-33,35,43H,15-19H2,1-14H3/t20-,21-,22+,23-,24-,25+,26+,27-,28+,29+,30-,31+,32-,33-,35+,38-,39-,40-/m1/s1. The molecule has 322 valence electrons. The van der Waals surface area contributed by atoms with Gasteiger partial charge in [-0.05, 0) is 94.8 Å². The molecule has 0 bridgehead atoms. The van der Waals surface area contributed by atoms with Crippen LogP contribution in [0, 0.1) is 17.8 Å². The minimum atomic E-state index is -1.34. The van der Waals surface area contributed by atoms with Crippen molar-refractivity contribution in [3.05, 3.63) is 0 Å². The van der Waals surface area contributed by atoms with Crippen LogP contribution >= 0.6 is 0 Å². The van der Waals surface area contributed by atoms with Crippen molar-refractivity contribution in [1.82, 2.24) is 9.80 Å². The molecule has 1 N–H and O–H groups in total. The van der Waals surface area contributed by atoms with Gasteiger partial charge in [0.25, 0.3) is 0 Å². The predicted molar refractivity (Wildman–Crippen MR) is 200 cm³/mol. The Hall–Kier alpha value is -2.31. The van der Waals surface area contributed by atoms with Gasteiger partial charge < -0.3 is 57.4 Å². The van der Waals surface area contributed by atoms with Crippen molar-refractivity contribution in [2.24, 2.45) is 17.8 Å². The van der Waals surface area contributed by atoms with Crippen molar-refractivity contribution in [2.75, 3.05) is 34.8 Å². The zero-order chi connectivity index (χ0) is 41.7. The van der Waals surface area contributed by atoms with Crippen LogP contribution in [0.5, 0.6) is 0 Å². The van der Waals surface area contributed by atoms with Gasteiger partial charge in [0.05, 0.1) is 35.9 Å². The third-order valence-electron chi connectivity index (χ3n) is 13.2. The van der Waals surface area contributed by atoms with Crippen molar-refractivity contribution >= 4 is 18.3 Å². The summed E-state index contributed by atoms with van der Waals surface area (Å²) in [6, 6.07) is -0.592. The Balaban J connectivity index is 1.64. The first-order valence-corrected chi connectivity index (χ1v) is 20.3. The minimum Gasteiger partial charge on any atom is -0.458 e. The summed E-state index contributed by atoms with van der Waals surface area (Å²) in [5, 5.41) is 11.0. The van der Waals surface area contributed by atoms with Gasteiger partial charge in [-0.3, -0.25) is 9.69 Å². The van der Waals surface area contributed by atoms with Gasteiger partial charge in [-0.1, -0.05) is 20.8 Å². The van der Waals surface area contributed by atoms with E-state index in [0.29, 0.717) is 25.8 Å². The SMILES string of the molecule is CC[C@H]1OC(=O)[C@H](C)[C@@H](O[C@H]2C[C@@](C)(OC)[C@@H](O)[C@H](C)O2)[C@H](C)[C@H]2O[C@@H]3O[C@H](C)C[C@H](N(C)C)[C@H]3OC(=O)O[C@]2(C)C[C@@H](C)CN(C)[C@H](C)[C@H]2OC(=O)O[C@@]21C. The van der Waals surface area contributed by atoms with Gasteiger partial charge in [-0.2, -0.15) is 0 Å². The lowest BCUT2D eigenvalue weighted by atomic mass is 9.77. The fourth-order valence-electron chi connectivity index (χ4n) is 9.86. The van der Waals surface area contributed by atoms with Crippen LogP contribution in [0.1, 0.15) is 94.9 Å². The predicted octanol–water partition coefficient (Wildman–Crippen LogP) is 4.27. The highest BCUT2D eigenvalue weighted by Gasteiger charge is 2.59. The second kappa shape index (κ2) is 17.1. The number of esters is 1. The number of hydrogen-bond acceptors (Lipinski definition) is 16. The molecule has 0 aromatic carbocycles. The molecule has 0 aromatic rings. The van der Waals surface area contributed by atoms with Crippen LogP contribution in [0.2, 0.25) is 0 Å². The van der Waals surface area contributed by atoms with Crippen LogP contribution in [-0.2, 0) is 52.2 Å². The van der Waals surface area contributed by atoms with Crippen molar-refractivity contribution in [2.45, 2.75) is 185 Å². The maximum atomic E-state index is 14.6. The largest absolute Gasteiger partial charge is 0.509 e. The molecule has 5 rings (SSSR count). The summed E-state index contributed by atoms with van der Waals surface area (Å²) in [5.74, 6) is -2.38. The van der Waals surface area contributed by atoms with Crippen molar-refractivity contribution < 1.29 is 66.9 Å². The number of aliphatic hydroxyl groups is 1. The highest BCUT2D eigenvalue weighted by Crippen LogP contribution is 2.44. The molecule has 0 unspecified atom stereocenters. The summed E-state index contributed by atoms with van der Waals surface area (Å²) in [4.78, 5) is 45.3. The number of likely N-dealkylation sites (N-methyl/N-ethyl adjacent to an activating group) is 2. The smallest absolute Gasteiger partial charge is 0.458 e. The highest BCUT2D eigenvalue weighted by atomic mass is 16.8. The summed E-state index contributed by atoms with van der Waals surface area (Å²) >= 11 is 0. The van der Waals surface area contributed by atoms with E-state index in [2.05, 4.69) is 4.90 Å². The van der Waals surface area contributed by atoms with Crippen LogP contribution in [-0.4, -0.2) is 158 Å². The van der Waals surface area contributed by atoms with Crippen molar-refractivity contribution in [1.29, 1.82) is 0 Å². The zero-order valence-electron chi connectivity index (χ0n) is 35.8. The molecule has 0 amide bonds. The maximum Gasteiger partial charge on any atom is 0.509 e. The molecule has 5 aliphatic heterocycles. The molecule has 16 nitrogen and oxygen atoms in total. The fraction of sp³-hybridized carbons (Fsp3) is 0.925. The summed E-state index contributed by atoms with van der Waals surface area (Å²) in [5.41, 5.74) is -3.66. The Morgan fingerprint density at radius 2 is 1.55 bits per heavy atom. The molecule has 16 heteroatoms. The topological polar surface area (TPSA) is 170 Å². The first kappa shape index (κ1) is 44.8. The first-order chi connectivity index (χ1) is 26.1. The van der Waals surface area contributed by atoms with Crippen molar-refractivity contribution in [3.8, 4) is 0 Å². The number of fused-ring (bicyclic) bond motifs is 3. The Bertz CT molecular complexity index is 1400. The van der Waals surface area contributed by atoms with Gasteiger partial charge in [0.1, 0.15) is 23.9 Å². The minimum absolute atomic E-state index is 0.119. The molecule has 5 fully saturated rings. The number of methoxy groups -OCH3 is 1. The number of nitrogens with zero attached hydrogens (tertiary/aromatic N) is 2. The van der Waals surface area contributed by atoms with E-state index in [1.807, 2.05) is 67.6 Å². The summed E-state index contributed by atoms with van der Waals surface area (Å²) in [7, 11) is 7.28. The number of ether oxygens (including phenoxy) is 10. The lowest BCUT2D eigenvalue weighted by Crippen LogP contribution is -2.63. The van der Waals surface area contributed by atoms with Gasteiger partial charge in [0.2, 0.25) is 0 Å². The van der Waals surface area contributed by atoms with Gasteiger partial charge in [0, 0.05) is 32.0 Å². The quantitative estimate of drug-likeness (QED) is 0.309. The van der Waals surface area contributed by atoms with Crippen LogP contribution in [0.25, 0.3) is 0 Å². The summed E-state index contributed by atoms with van der Waals surface area (Å²) in [6.45, 7) is 19.0. The van der Waals surface area contributed by atoms with Crippen LogP contribution < -0.4 is 0 Å². The van der Waals surface area contributed by atoms with E-state index in [4.69, 9.17) is 47.4 Å². The Labute approximate surface area is 332 Å². The van der Waals surface area contributed by atoms with E-state index >= 15 is 0 Å². The summed E-state index contributed by atoms with van der Waals surface area (Å²) < 4.78 is 62.7.